The molecule has 2 aromatic rings. The number of nitrogens with one attached hydrogen (secondary N) is 1. The van der Waals surface area contributed by atoms with Gasteiger partial charge in [-0.3, -0.25) is 0 Å². The molecule has 0 radical (unpaired) electrons. The predicted octanol–water partition coefficient (Wildman–Crippen LogP) is 2.03. The number of rotatable bonds is 5. The van der Waals surface area contributed by atoms with Gasteiger partial charge in [-0.1, -0.05) is 11.6 Å². The van der Waals surface area contributed by atoms with Crippen LogP contribution in [0.3, 0.4) is 0 Å². The number of halogens is 1. The molecule has 0 amide bonds. The third-order valence-electron chi connectivity index (χ3n) is 2.83. The lowest BCUT2D eigenvalue weighted by Gasteiger charge is -2.10. The standard InChI is InChI=1S/C12H17ClN6/c1-8-10(13)11(18-12(14)17-8)16-4-3-6-19-7-5-15-9(19)2/h5,7H,3-4,6H2,1-2H3,(H3,14,16,17,18). The van der Waals surface area contributed by atoms with Crippen LogP contribution in [-0.2, 0) is 6.54 Å². The molecule has 19 heavy (non-hydrogen) atoms. The summed E-state index contributed by atoms with van der Waals surface area (Å²) in [6.45, 7) is 5.45. The Balaban J connectivity index is 1.88. The molecule has 102 valence electrons. The maximum Gasteiger partial charge on any atom is 0.222 e. The van der Waals surface area contributed by atoms with Gasteiger partial charge in [0.25, 0.3) is 0 Å². The summed E-state index contributed by atoms with van der Waals surface area (Å²) in [5, 5.41) is 3.70. The number of hydrogen-bond acceptors (Lipinski definition) is 5. The molecule has 2 rings (SSSR count). The Hall–Kier alpha value is -1.82. The normalized spacial score (nSPS) is 10.7. The zero-order valence-corrected chi connectivity index (χ0v) is 11.8. The number of aryl methyl sites for hydroxylation is 3. The summed E-state index contributed by atoms with van der Waals surface area (Å²) in [5.41, 5.74) is 6.28. The van der Waals surface area contributed by atoms with E-state index in [1.807, 2.05) is 13.1 Å². The van der Waals surface area contributed by atoms with Crippen molar-refractivity contribution in [2.45, 2.75) is 26.8 Å². The van der Waals surface area contributed by atoms with Crippen LogP contribution in [0.1, 0.15) is 17.9 Å². The van der Waals surface area contributed by atoms with Crippen LogP contribution >= 0.6 is 11.6 Å². The molecule has 0 aliphatic rings. The Morgan fingerprint density at radius 2 is 2.16 bits per heavy atom. The zero-order valence-electron chi connectivity index (χ0n) is 11.0. The minimum atomic E-state index is 0.231. The molecular weight excluding hydrogens is 264 g/mol. The Morgan fingerprint density at radius 3 is 2.84 bits per heavy atom. The highest BCUT2D eigenvalue weighted by Crippen LogP contribution is 2.22. The summed E-state index contributed by atoms with van der Waals surface area (Å²) in [7, 11) is 0. The van der Waals surface area contributed by atoms with Crippen LogP contribution in [-0.4, -0.2) is 26.1 Å². The first-order chi connectivity index (χ1) is 9.08. The van der Waals surface area contributed by atoms with Crippen LogP contribution in [0.5, 0.6) is 0 Å². The van der Waals surface area contributed by atoms with Gasteiger partial charge in [-0.2, -0.15) is 4.98 Å². The van der Waals surface area contributed by atoms with Crippen LogP contribution in [0.25, 0.3) is 0 Å². The van der Waals surface area contributed by atoms with E-state index in [1.165, 1.54) is 0 Å². The number of nitrogens with zero attached hydrogens (tertiary/aromatic N) is 4. The second kappa shape index (κ2) is 5.88. The molecule has 3 N–H and O–H groups in total. The number of aromatic nitrogens is 4. The maximum absolute atomic E-state index is 6.11. The summed E-state index contributed by atoms with van der Waals surface area (Å²) in [6.07, 6.45) is 4.71. The van der Waals surface area contributed by atoms with Gasteiger partial charge in [0.15, 0.2) is 5.82 Å². The first-order valence-corrected chi connectivity index (χ1v) is 6.47. The van der Waals surface area contributed by atoms with Gasteiger partial charge in [-0.05, 0) is 20.3 Å². The fourth-order valence-electron chi connectivity index (χ4n) is 1.79. The average molecular weight is 281 g/mol. The van der Waals surface area contributed by atoms with E-state index in [4.69, 9.17) is 17.3 Å². The molecule has 0 unspecified atom stereocenters. The van der Waals surface area contributed by atoms with Gasteiger partial charge in [-0.15, -0.1) is 0 Å². The largest absolute Gasteiger partial charge is 0.369 e. The van der Waals surface area contributed by atoms with Crippen molar-refractivity contribution in [3.05, 3.63) is 28.9 Å². The number of hydrogen-bond donors (Lipinski definition) is 2. The second-order valence-electron chi connectivity index (χ2n) is 4.28. The highest BCUT2D eigenvalue weighted by molar-refractivity contribution is 6.33. The van der Waals surface area contributed by atoms with Gasteiger partial charge < -0.3 is 15.6 Å². The molecule has 0 saturated carbocycles. The summed E-state index contributed by atoms with van der Waals surface area (Å²) in [6, 6.07) is 0. The van der Waals surface area contributed by atoms with Gasteiger partial charge in [0.05, 0.1) is 5.69 Å². The molecule has 0 saturated heterocycles. The van der Waals surface area contributed by atoms with Gasteiger partial charge >= 0.3 is 0 Å². The quantitative estimate of drug-likeness (QED) is 0.819. The number of nitrogen functional groups attached to an aromatic ring is 1. The third kappa shape index (κ3) is 3.35. The third-order valence-corrected chi connectivity index (χ3v) is 3.28. The van der Waals surface area contributed by atoms with Crippen LogP contribution in [0.15, 0.2) is 12.4 Å². The predicted molar refractivity (Wildman–Crippen MR) is 76.3 cm³/mol. The van der Waals surface area contributed by atoms with E-state index >= 15 is 0 Å². The van der Waals surface area contributed by atoms with Crippen LogP contribution in [0.2, 0.25) is 5.02 Å². The summed E-state index contributed by atoms with van der Waals surface area (Å²) in [4.78, 5) is 12.3. The van der Waals surface area contributed by atoms with Gasteiger partial charge in [0, 0.05) is 25.5 Å². The van der Waals surface area contributed by atoms with Gasteiger partial charge in [0.1, 0.15) is 10.8 Å². The zero-order chi connectivity index (χ0) is 13.8. The molecule has 0 fully saturated rings. The van der Waals surface area contributed by atoms with Gasteiger partial charge in [-0.25, -0.2) is 9.97 Å². The molecule has 0 spiro atoms. The number of anilines is 2. The Morgan fingerprint density at radius 1 is 1.37 bits per heavy atom. The minimum absolute atomic E-state index is 0.231. The van der Waals surface area contributed by atoms with Gasteiger partial charge in [0.2, 0.25) is 5.95 Å². The monoisotopic (exact) mass is 280 g/mol. The first kappa shape index (κ1) is 13.6. The molecule has 0 atom stereocenters. The van der Waals surface area contributed by atoms with Crippen LogP contribution < -0.4 is 11.1 Å². The lowest BCUT2D eigenvalue weighted by molar-refractivity contribution is 0.642. The lowest BCUT2D eigenvalue weighted by Crippen LogP contribution is -2.10. The molecule has 0 aliphatic carbocycles. The SMILES string of the molecule is Cc1nc(N)nc(NCCCn2ccnc2C)c1Cl. The Kier molecular flexibility index (Phi) is 4.21. The van der Waals surface area contributed by atoms with E-state index < -0.39 is 0 Å². The summed E-state index contributed by atoms with van der Waals surface area (Å²) < 4.78 is 2.10. The molecule has 0 aromatic carbocycles. The molecule has 6 nitrogen and oxygen atoms in total. The molecule has 2 heterocycles. The fourth-order valence-corrected chi connectivity index (χ4v) is 1.95. The number of imidazole rings is 1. The van der Waals surface area contributed by atoms with Crippen LogP contribution in [0, 0.1) is 13.8 Å². The number of nitrogens with two attached hydrogens (primary N) is 1. The first-order valence-electron chi connectivity index (χ1n) is 6.09. The van der Waals surface area contributed by atoms with E-state index in [-0.39, 0.29) is 5.95 Å². The van der Waals surface area contributed by atoms with E-state index in [9.17, 15) is 0 Å². The molecule has 7 heteroatoms. The van der Waals surface area contributed by atoms with Crippen molar-refractivity contribution in [3.63, 3.8) is 0 Å². The fraction of sp³-hybridized carbons (Fsp3) is 0.417. The molecule has 0 aliphatic heterocycles. The smallest absolute Gasteiger partial charge is 0.222 e. The topological polar surface area (TPSA) is 81.6 Å². The van der Waals surface area contributed by atoms with Crippen molar-refractivity contribution in [3.8, 4) is 0 Å². The van der Waals surface area contributed by atoms with E-state index in [0.717, 1.165) is 25.3 Å². The lowest BCUT2D eigenvalue weighted by atomic mass is 10.3. The minimum Gasteiger partial charge on any atom is -0.369 e. The highest BCUT2D eigenvalue weighted by atomic mass is 35.5. The molecule has 0 bridgehead atoms. The Bertz CT molecular complexity index is 565. The van der Waals surface area contributed by atoms with E-state index in [0.29, 0.717) is 16.5 Å². The van der Waals surface area contributed by atoms with Crippen molar-refractivity contribution in [1.29, 1.82) is 0 Å². The summed E-state index contributed by atoms with van der Waals surface area (Å²) >= 11 is 6.11. The van der Waals surface area contributed by atoms with E-state index in [1.54, 1.807) is 13.1 Å². The maximum atomic E-state index is 6.11. The Labute approximate surface area is 117 Å². The van der Waals surface area contributed by atoms with Crippen molar-refractivity contribution in [2.75, 3.05) is 17.6 Å². The molecular formula is C12H17ClN6. The average Bonchev–Trinajstić information content (AvgIpc) is 2.76. The molecule has 2 aromatic heterocycles. The van der Waals surface area contributed by atoms with Crippen molar-refractivity contribution >= 4 is 23.4 Å². The van der Waals surface area contributed by atoms with Crippen LogP contribution in [0.4, 0.5) is 11.8 Å². The second-order valence-corrected chi connectivity index (χ2v) is 4.66. The van der Waals surface area contributed by atoms with Crippen molar-refractivity contribution < 1.29 is 0 Å². The van der Waals surface area contributed by atoms with Crippen molar-refractivity contribution in [2.24, 2.45) is 0 Å². The van der Waals surface area contributed by atoms with E-state index in [2.05, 4.69) is 24.8 Å². The summed E-state index contributed by atoms with van der Waals surface area (Å²) in [5.74, 6) is 1.84. The van der Waals surface area contributed by atoms with Crippen molar-refractivity contribution in [1.82, 2.24) is 19.5 Å². The highest BCUT2D eigenvalue weighted by Gasteiger charge is 2.07.